The standard InChI is InChI=1S/C25H44O6.C23H38O4S.C21H32F2O4.C21H34O4S.CH4O/c1-3-4-5-8-11-15-25(30-17-18-31-25)16-14-21-20(22(26)19-23(21)27)12-9-6-7-10-13-24(28)29-2;1-3-4-5-6-9-12-18(24)15-16-20-19(21(25)17-22(20)28)13-10-7-8-11-14-23(26)27-2;1-3-4-15-21(22,23)19(25)14-12-16-11-13-18(24)17(16)9-7-5-6-8-10-20(26)27-2;1-3-4-9-13-21(24)14-12-17-16(18(22)15-19(17)26-21)10-7-5-6-8-11-20(23)25-2;1-2/h6,9,20-23,26-27H,3-5,7-8,10-19H2,1-2H3;7,10,19-20,22,28H,3-6,8-9,11-17H2,1-2H3;5,7,16-17H,3-4,6,8-15H2,1-2H3;5,7,16-17,19,24H,3-4,6,8-15H2,1-2H3;2H,1H3/b9-6-;10-7-;2*7-5-;/t20-,21-,22?,23-;19?,20?,22-;16-,17-;16-,17-,19-,21?;/m1111./s1. The summed E-state index contributed by atoms with van der Waals surface area (Å²) in [5.41, 5.74) is 0. The molecule has 0 spiro atoms. The van der Waals surface area contributed by atoms with Crippen LogP contribution in [-0.2, 0) is 71.6 Å². The van der Waals surface area contributed by atoms with E-state index in [1.165, 1.54) is 86.2 Å². The fourth-order valence-corrected chi connectivity index (χ4v) is 19.0. The predicted molar refractivity (Wildman–Crippen MR) is 451 cm³/mol. The van der Waals surface area contributed by atoms with E-state index in [9.17, 15) is 67.3 Å². The molecular formula is C91H152F2O19S2. The van der Waals surface area contributed by atoms with Crippen molar-refractivity contribution in [2.75, 3.05) is 48.8 Å². The number of carbonyl (C=O) groups excluding carboxylic acids is 9. The number of halogens is 2. The van der Waals surface area contributed by atoms with Gasteiger partial charge in [-0.05, 0) is 184 Å². The zero-order valence-electron chi connectivity index (χ0n) is 71.4. The van der Waals surface area contributed by atoms with Gasteiger partial charge in [-0.15, -0.1) is 11.8 Å². The first-order chi connectivity index (χ1) is 54.8. The maximum absolute atomic E-state index is 13.8. The lowest BCUT2D eigenvalue weighted by molar-refractivity contribution is -0.171. The Morgan fingerprint density at radius 1 is 0.500 bits per heavy atom. The van der Waals surface area contributed by atoms with Crippen molar-refractivity contribution in [3.05, 3.63) is 48.6 Å². The molecule has 6 fully saturated rings. The zero-order valence-corrected chi connectivity index (χ0v) is 73.1. The molecule has 0 aromatic heterocycles. The second kappa shape index (κ2) is 62.6. The molecule has 4 aliphatic carbocycles. The van der Waals surface area contributed by atoms with Crippen LogP contribution in [0.15, 0.2) is 48.6 Å². The van der Waals surface area contributed by atoms with E-state index in [1.54, 1.807) is 11.8 Å². The number of aliphatic hydroxyl groups excluding tert-OH is 3. The first kappa shape index (κ1) is 106. The number of thiol groups is 1. The monoisotopic (exact) mass is 1650 g/mol. The van der Waals surface area contributed by atoms with Gasteiger partial charge >= 0.3 is 29.8 Å². The molecule has 2 saturated heterocycles. The maximum Gasteiger partial charge on any atom is 0.305 e. The summed E-state index contributed by atoms with van der Waals surface area (Å²) >= 11 is 6.30. The number of allylic oxidation sites excluding steroid dienone is 8. The number of ketones is 5. The molecule has 13 atom stereocenters. The van der Waals surface area contributed by atoms with Crippen LogP contribution in [0.4, 0.5) is 8.78 Å². The highest BCUT2D eigenvalue weighted by Crippen LogP contribution is 2.53. The van der Waals surface area contributed by atoms with E-state index in [0.29, 0.717) is 145 Å². The van der Waals surface area contributed by atoms with E-state index in [-0.39, 0.29) is 95.0 Å². The topological polar surface area (TPSA) is 290 Å². The molecule has 4 saturated carbocycles. The minimum Gasteiger partial charge on any atom is -0.469 e. The molecule has 0 radical (unpaired) electrons. The van der Waals surface area contributed by atoms with E-state index in [1.807, 2.05) is 31.2 Å². The number of aliphatic hydroxyl groups is 4. The number of hydrogen-bond acceptors (Lipinski definition) is 21. The Labute approximate surface area is 694 Å². The van der Waals surface area contributed by atoms with Gasteiger partial charge in [-0.25, -0.2) is 0 Å². The Balaban J connectivity index is 0.000000513. The van der Waals surface area contributed by atoms with E-state index >= 15 is 0 Å². The summed E-state index contributed by atoms with van der Waals surface area (Å²) in [6.07, 6.45) is 51.9. The molecular weight excluding hydrogens is 1500 g/mol. The molecule has 0 amide bonds. The molecule has 4 unspecified atom stereocenters. The van der Waals surface area contributed by atoms with Crippen LogP contribution in [0.25, 0.3) is 0 Å². The fraction of sp³-hybridized carbons (Fsp3) is 0.813. The molecule has 114 heavy (non-hydrogen) atoms. The normalized spacial score (nSPS) is 25.0. The molecule has 0 bridgehead atoms. The number of ether oxygens (including phenoxy) is 6. The second-order valence-electron chi connectivity index (χ2n) is 32.1. The number of fused-ring (bicyclic) bond motifs is 1. The number of carbonyl (C=O) groups is 9. The van der Waals surface area contributed by atoms with Crippen LogP contribution in [0.5, 0.6) is 0 Å². The van der Waals surface area contributed by atoms with Gasteiger partial charge in [-0.2, -0.15) is 21.4 Å². The third-order valence-corrected chi connectivity index (χ3v) is 25.9. The Hall–Kier alpha value is -4.49. The summed E-state index contributed by atoms with van der Waals surface area (Å²) in [5, 5.41) is 39.3. The quantitative estimate of drug-likeness (QED) is 0.0124. The van der Waals surface area contributed by atoms with Gasteiger partial charge in [0.2, 0.25) is 5.78 Å². The van der Waals surface area contributed by atoms with Gasteiger partial charge in [0.15, 0.2) is 5.79 Å². The van der Waals surface area contributed by atoms with Crippen molar-refractivity contribution in [3.8, 4) is 0 Å². The van der Waals surface area contributed by atoms with Gasteiger partial charge in [-0.3, -0.25) is 43.2 Å². The molecule has 19 nitrogen and oxygen atoms in total. The maximum atomic E-state index is 13.8. The van der Waals surface area contributed by atoms with Gasteiger partial charge < -0.3 is 48.8 Å². The van der Waals surface area contributed by atoms with Crippen molar-refractivity contribution in [1.82, 2.24) is 0 Å². The molecule has 23 heteroatoms. The van der Waals surface area contributed by atoms with Gasteiger partial charge in [-0.1, -0.05) is 147 Å². The first-order valence-electron chi connectivity index (χ1n) is 43.9. The average Bonchev–Trinajstić information content (AvgIpc) is 1.68. The molecule has 6 aliphatic rings. The van der Waals surface area contributed by atoms with Gasteiger partial charge in [0.25, 0.3) is 0 Å². The molecule has 2 heterocycles. The number of unbranched alkanes of at least 4 members (excludes halogenated alkanes) is 15. The van der Waals surface area contributed by atoms with Crippen LogP contribution in [0, 0.1) is 47.3 Å². The van der Waals surface area contributed by atoms with Crippen LogP contribution < -0.4 is 0 Å². The van der Waals surface area contributed by atoms with E-state index < -0.39 is 34.6 Å². The smallest absolute Gasteiger partial charge is 0.305 e. The van der Waals surface area contributed by atoms with Crippen LogP contribution in [0.2, 0.25) is 0 Å². The van der Waals surface area contributed by atoms with E-state index in [0.717, 1.165) is 136 Å². The van der Waals surface area contributed by atoms with Crippen molar-refractivity contribution in [2.24, 2.45) is 47.3 Å². The van der Waals surface area contributed by atoms with E-state index in [4.69, 9.17) is 14.6 Å². The van der Waals surface area contributed by atoms with Crippen LogP contribution in [0.1, 0.15) is 336 Å². The van der Waals surface area contributed by atoms with E-state index in [2.05, 4.69) is 76.7 Å². The van der Waals surface area contributed by atoms with Crippen molar-refractivity contribution >= 4 is 77.2 Å². The zero-order chi connectivity index (χ0) is 84.6. The molecule has 656 valence electrons. The number of alkyl halides is 2. The minimum atomic E-state index is -3.24. The third-order valence-electron chi connectivity index (χ3n) is 23.6. The molecule has 2 aliphatic heterocycles. The lowest BCUT2D eigenvalue weighted by atomic mass is 9.85. The van der Waals surface area contributed by atoms with Gasteiger partial charge in [0.05, 0.1) is 53.9 Å². The highest BCUT2D eigenvalue weighted by molar-refractivity contribution is 8.01. The number of esters is 4. The van der Waals surface area contributed by atoms with Crippen molar-refractivity contribution in [2.45, 2.75) is 375 Å². The highest BCUT2D eigenvalue weighted by Gasteiger charge is 2.50. The predicted octanol–water partition coefficient (Wildman–Crippen LogP) is 19.3. The summed E-state index contributed by atoms with van der Waals surface area (Å²) in [6, 6.07) is 0. The summed E-state index contributed by atoms with van der Waals surface area (Å²) < 4.78 is 58.1. The molecule has 6 rings (SSSR count). The summed E-state index contributed by atoms with van der Waals surface area (Å²) in [7, 11) is 6.57. The van der Waals surface area contributed by atoms with Crippen LogP contribution in [0.3, 0.4) is 0 Å². The summed E-state index contributed by atoms with van der Waals surface area (Å²) in [6.45, 7) is 9.69. The fourth-order valence-electron chi connectivity index (χ4n) is 16.7. The SMILES string of the molecule is CCCCC(F)(F)C(=O)CC[C@H]1CCC(=O)[C@@H]1C/C=C\CCCC(=O)OC.CCCCCC1(O)CC[C@H]2[C@@H](CC(=O)[C@@H]2C/C=C\CCCC(=O)OC)S1.CCCCCCCC(=O)CCC1C(C/C=C\CCCC(=O)OC)C(=O)C[C@H]1S.CCCCCCCC1(CC[C@H]2[C@H](O)CC(O)[C@@H]2C/C=C\CCCC(=O)OC)OCCO1.CO. The number of Topliss-reactive ketones (excluding diaryl/α,β-unsaturated/α-hetero) is 5. The summed E-state index contributed by atoms with van der Waals surface area (Å²) in [4.78, 5) is 105. The van der Waals surface area contributed by atoms with Gasteiger partial charge in [0, 0.05) is 119 Å². The number of hydrogen-bond donors (Lipinski definition) is 5. The number of thioether (sulfide) groups is 1. The molecule has 0 aromatic rings. The van der Waals surface area contributed by atoms with Crippen molar-refractivity contribution in [1.29, 1.82) is 0 Å². The van der Waals surface area contributed by atoms with Crippen LogP contribution >= 0.6 is 24.4 Å². The van der Waals surface area contributed by atoms with Crippen molar-refractivity contribution < 1.29 is 101 Å². The Kier molecular flexibility index (Phi) is 58.0. The van der Waals surface area contributed by atoms with Crippen molar-refractivity contribution in [3.63, 3.8) is 0 Å². The largest absolute Gasteiger partial charge is 0.469 e. The number of methoxy groups -OCH3 is 4. The molecule has 4 N–H and O–H groups in total. The Morgan fingerprint density at radius 2 is 0.965 bits per heavy atom. The Morgan fingerprint density at radius 3 is 1.49 bits per heavy atom. The Bertz CT molecular complexity index is 2820. The van der Waals surface area contributed by atoms with Gasteiger partial charge in [0.1, 0.15) is 28.1 Å². The lowest BCUT2D eigenvalue weighted by Gasteiger charge is -2.39. The average molecular weight is 1650 g/mol. The second-order valence-corrected chi connectivity index (χ2v) is 34.4. The highest BCUT2D eigenvalue weighted by atomic mass is 32.2. The summed E-state index contributed by atoms with van der Waals surface area (Å²) in [5.74, 6) is -3.76. The third kappa shape index (κ3) is 43.0. The molecule has 0 aromatic carbocycles. The van der Waals surface area contributed by atoms with Crippen LogP contribution in [-0.4, -0.2) is 161 Å². The minimum absolute atomic E-state index is 0.00291. The first-order valence-corrected chi connectivity index (χ1v) is 45.3. The number of rotatable bonds is 53. The lowest BCUT2D eigenvalue weighted by Crippen LogP contribution is -2.36.